The quantitative estimate of drug-likeness (QED) is 0.623. The Morgan fingerprint density at radius 2 is 1.77 bits per heavy atom. The number of esters is 2. The highest BCUT2D eigenvalue weighted by atomic mass is 16.5. The molecule has 0 spiro atoms. The van der Waals surface area contributed by atoms with E-state index < -0.39 is 36.4 Å². The third-order valence-electron chi connectivity index (χ3n) is 3.78. The van der Waals surface area contributed by atoms with Crippen molar-refractivity contribution in [1.82, 2.24) is 10.6 Å². The van der Waals surface area contributed by atoms with Gasteiger partial charge in [0.2, 0.25) is 0 Å². The molecule has 0 unspecified atom stereocenters. The Labute approximate surface area is 152 Å². The predicted molar refractivity (Wildman–Crippen MR) is 93.1 cm³/mol. The number of amides is 2. The summed E-state index contributed by atoms with van der Waals surface area (Å²) in [5.41, 5.74) is 0.410. The van der Waals surface area contributed by atoms with Crippen LogP contribution in [0.5, 0.6) is 0 Å². The van der Waals surface area contributed by atoms with Crippen LogP contribution in [0.3, 0.4) is 0 Å². The van der Waals surface area contributed by atoms with Gasteiger partial charge in [-0.2, -0.15) is 0 Å². The average molecular weight is 364 g/mol. The van der Waals surface area contributed by atoms with Gasteiger partial charge in [-0.15, -0.1) is 0 Å². The van der Waals surface area contributed by atoms with Crippen molar-refractivity contribution in [2.75, 3.05) is 20.3 Å². The molecule has 0 fully saturated rings. The summed E-state index contributed by atoms with van der Waals surface area (Å²) >= 11 is 0. The van der Waals surface area contributed by atoms with E-state index in [9.17, 15) is 19.2 Å². The van der Waals surface area contributed by atoms with Crippen LogP contribution in [-0.2, 0) is 23.9 Å². The molecule has 0 aliphatic carbocycles. The maximum atomic E-state index is 11.9. The number of ether oxygens (including phenoxy) is 2. The van der Waals surface area contributed by atoms with Gasteiger partial charge < -0.3 is 20.1 Å². The lowest BCUT2D eigenvalue weighted by Crippen LogP contribution is -2.47. The molecule has 0 aliphatic heterocycles. The van der Waals surface area contributed by atoms with E-state index in [0.29, 0.717) is 12.0 Å². The molecule has 2 amide bonds. The molecule has 1 aromatic carbocycles. The smallest absolute Gasteiger partial charge is 0.328 e. The average Bonchev–Trinajstić information content (AvgIpc) is 2.67. The van der Waals surface area contributed by atoms with Crippen LogP contribution >= 0.6 is 0 Å². The molecule has 8 heteroatoms. The lowest BCUT2D eigenvalue weighted by molar-refractivity contribution is -0.150. The third-order valence-corrected chi connectivity index (χ3v) is 3.78. The standard InChI is InChI=1S/C18H24N2O6/c1-4-12(2)16(18(24)25-3)20-14(21)11-26-15(22)10-19-17(23)13-8-6-5-7-9-13/h5-9,12,16H,4,10-11H2,1-3H3,(H,19,23)(H,20,21)/t12-,16-/m0/s1. The van der Waals surface area contributed by atoms with Crippen molar-refractivity contribution in [3.63, 3.8) is 0 Å². The number of methoxy groups -OCH3 is 1. The fourth-order valence-electron chi connectivity index (χ4n) is 2.05. The van der Waals surface area contributed by atoms with Gasteiger partial charge in [0.25, 0.3) is 11.8 Å². The van der Waals surface area contributed by atoms with Crippen molar-refractivity contribution in [2.45, 2.75) is 26.3 Å². The minimum atomic E-state index is -0.811. The van der Waals surface area contributed by atoms with Crippen molar-refractivity contribution >= 4 is 23.8 Å². The lowest BCUT2D eigenvalue weighted by atomic mass is 9.99. The molecular weight excluding hydrogens is 340 g/mol. The number of benzene rings is 1. The summed E-state index contributed by atoms with van der Waals surface area (Å²) in [6.45, 7) is 2.76. The normalized spacial score (nSPS) is 12.4. The molecule has 8 nitrogen and oxygen atoms in total. The summed E-state index contributed by atoms with van der Waals surface area (Å²) in [5.74, 6) is -2.50. The maximum absolute atomic E-state index is 11.9. The number of carbonyl (C=O) groups excluding carboxylic acids is 4. The van der Waals surface area contributed by atoms with Gasteiger partial charge in [0.05, 0.1) is 7.11 Å². The lowest BCUT2D eigenvalue weighted by Gasteiger charge is -2.21. The van der Waals surface area contributed by atoms with Crippen molar-refractivity contribution in [3.05, 3.63) is 35.9 Å². The summed E-state index contributed by atoms with van der Waals surface area (Å²) in [6, 6.07) is 7.57. The molecule has 142 valence electrons. The zero-order valence-corrected chi connectivity index (χ0v) is 15.1. The van der Waals surface area contributed by atoms with Crippen LogP contribution in [0, 0.1) is 5.92 Å². The van der Waals surface area contributed by atoms with Gasteiger partial charge >= 0.3 is 11.9 Å². The van der Waals surface area contributed by atoms with Crippen molar-refractivity contribution in [3.8, 4) is 0 Å². The van der Waals surface area contributed by atoms with Crippen LogP contribution in [0.4, 0.5) is 0 Å². The first kappa shape index (κ1) is 21.1. The molecule has 2 N–H and O–H groups in total. The molecule has 0 aliphatic rings. The first-order chi connectivity index (χ1) is 12.4. The van der Waals surface area contributed by atoms with E-state index in [-0.39, 0.29) is 12.5 Å². The molecule has 0 heterocycles. The van der Waals surface area contributed by atoms with E-state index in [2.05, 4.69) is 15.4 Å². The SMILES string of the molecule is CC[C@H](C)[C@H](NC(=O)COC(=O)CNC(=O)c1ccccc1)C(=O)OC. The van der Waals surface area contributed by atoms with Crippen molar-refractivity contribution < 1.29 is 28.7 Å². The number of nitrogens with one attached hydrogen (secondary N) is 2. The number of carbonyl (C=O) groups is 4. The number of rotatable bonds is 9. The van der Waals surface area contributed by atoms with Crippen LogP contribution in [0.15, 0.2) is 30.3 Å². The van der Waals surface area contributed by atoms with Gasteiger partial charge in [-0.25, -0.2) is 4.79 Å². The maximum Gasteiger partial charge on any atom is 0.328 e. The molecule has 0 radical (unpaired) electrons. The van der Waals surface area contributed by atoms with Crippen molar-refractivity contribution in [1.29, 1.82) is 0 Å². The fraction of sp³-hybridized carbons (Fsp3) is 0.444. The Balaban J connectivity index is 2.40. The molecule has 0 aromatic heterocycles. The Kier molecular flexibility index (Phi) is 8.83. The summed E-state index contributed by atoms with van der Waals surface area (Å²) < 4.78 is 9.46. The van der Waals surface area contributed by atoms with Crippen molar-refractivity contribution in [2.24, 2.45) is 5.92 Å². The second-order valence-electron chi connectivity index (χ2n) is 5.66. The van der Waals surface area contributed by atoms with Gasteiger partial charge in [-0.1, -0.05) is 38.5 Å². The van der Waals surface area contributed by atoms with E-state index >= 15 is 0 Å². The summed E-state index contributed by atoms with van der Waals surface area (Å²) in [7, 11) is 1.24. The van der Waals surface area contributed by atoms with Gasteiger partial charge in [0.1, 0.15) is 12.6 Å². The van der Waals surface area contributed by atoms with E-state index in [4.69, 9.17) is 4.74 Å². The molecule has 1 rings (SSSR count). The van der Waals surface area contributed by atoms with Gasteiger partial charge in [-0.05, 0) is 18.1 Å². The zero-order valence-electron chi connectivity index (χ0n) is 15.1. The minimum Gasteiger partial charge on any atom is -0.467 e. The molecular formula is C18H24N2O6. The summed E-state index contributed by atoms with van der Waals surface area (Å²) in [6.07, 6.45) is 0.658. The van der Waals surface area contributed by atoms with Crippen LogP contribution in [-0.4, -0.2) is 50.1 Å². The number of hydrogen-bond donors (Lipinski definition) is 2. The van der Waals surface area contributed by atoms with Crippen LogP contribution < -0.4 is 10.6 Å². The highest BCUT2D eigenvalue weighted by Gasteiger charge is 2.26. The Bertz CT molecular complexity index is 632. The third kappa shape index (κ3) is 6.92. The molecule has 0 saturated carbocycles. The van der Waals surface area contributed by atoms with Crippen LogP contribution in [0.1, 0.15) is 30.6 Å². The van der Waals surface area contributed by atoms with Crippen LogP contribution in [0.25, 0.3) is 0 Å². The molecule has 0 bridgehead atoms. The second kappa shape index (κ2) is 10.9. The number of hydrogen-bond acceptors (Lipinski definition) is 6. The first-order valence-corrected chi connectivity index (χ1v) is 8.25. The Hall–Kier alpha value is -2.90. The first-order valence-electron chi connectivity index (χ1n) is 8.25. The summed E-state index contributed by atoms with van der Waals surface area (Å²) in [4.78, 5) is 47.0. The zero-order chi connectivity index (χ0) is 19.5. The van der Waals surface area contributed by atoms with E-state index in [1.54, 1.807) is 37.3 Å². The van der Waals surface area contributed by atoms with E-state index in [0.717, 1.165) is 0 Å². The topological polar surface area (TPSA) is 111 Å². The molecule has 26 heavy (non-hydrogen) atoms. The van der Waals surface area contributed by atoms with E-state index in [1.165, 1.54) is 7.11 Å². The van der Waals surface area contributed by atoms with Gasteiger partial charge in [0.15, 0.2) is 6.61 Å². The largest absolute Gasteiger partial charge is 0.467 e. The van der Waals surface area contributed by atoms with Gasteiger partial charge in [0, 0.05) is 5.56 Å². The highest BCUT2D eigenvalue weighted by molar-refractivity contribution is 5.96. The molecule has 0 saturated heterocycles. The summed E-state index contributed by atoms with van der Waals surface area (Å²) in [5, 5.41) is 4.89. The fourth-order valence-corrected chi connectivity index (χ4v) is 2.05. The minimum absolute atomic E-state index is 0.132. The van der Waals surface area contributed by atoms with Gasteiger partial charge in [-0.3, -0.25) is 14.4 Å². The molecule has 1 aromatic rings. The Morgan fingerprint density at radius 3 is 2.35 bits per heavy atom. The Morgan fingerprint density at radius 1 is 1.12 bits per heavy atom. The second-order valence-corrected chi connectivity index (χ2v) is 5.66. The monoisotopic (exact) mass is 364 g/mol. The van der Waals surface area contributed by atoms with Crippen LogP contribution in [0.2, 0.25) is 0 Å². The predicted octanol–water partition coefficient (Wildman–Crippen LogP) is 0.664. The van der Waals surface area contributed by atoms with E-state index in [1.807, 2.05) is 6.92 Å². The highest BCUT2D eigenvalue weighted by Crippen LogP contribution is 2.09. The molecule has 2 atom stereocenters.